The molecule has 3 atom stereocenters. The summed E-state index contributed by atoms with van der Waals surface area (Å²) in [5, 5.41) is 2.71. The lowest BCUT2D eigenvalue weighted by atomic mass is 10.1. The lowest BCUT2D eigenvalue weighted by Gasteiger charge is -2.36. The maximum absolute atomic E-state index is 13.3. The summed E-state index contributed by atoms with van der Waals surface area (Å²) in [4.78, 5) is 49.1. The zero-order chi connectivity index (χ0) is 30.8. The van der Waals surface area contributed by atoms with Crippen molar-refractivity contribution in [3.8, 4) is 0 Å². The topological polar surface area (TPSA) is 136 Å². The number of carbonyl (C=O) groups is 3. The van der Waals surface area contributed by atoms with E-state index < -0.39 is 36.4 Å². The highest BCUT2D eigenvalue weighted by atomic mass is 16.7. The fraction of sp³-hybridized carbons (Fsp3) is 0.200. The molecule has 7 rings (SSSR count). The number of aromatic nitrogens is 3. The van der Waals surface area contributed by atoms with Gasteiger partial charge in [-0.15, -0.1) is 0 Å². The summed E-state index contributed by atoms with van der Waals surface area (Å²) in [7, 11) is 0. The highest BCUT2D eigenvalue weighted by Crippen LogP contribution is 2.26. The van der Waals surface area contributed by atoms with E-state index in [2.05, 4.69) is 15.0 Å². The van der Waals surface area contributed by atoms with E-state index in [1.165, 1.54) is 0 Å². The first-order chi connectivity index (χ1) is 22.0. The Kier molecular flexibility index (Phi) is 7.79. The summed E-state index contributed by atoms with van der Waals surface area (Å²) in [5.74, 6) is -1.68. The van der Waals surface area contributed by atoms with Crippen molar-refractivity contribution in [1.82, 2.24) is 15.0 Å². The van der Waals surface area contributed by atoms with Crippen LogP contribution in [0.4, 0.5) is 0 Å². The van der Waals surface area contributed by atoms with E-state index in [-0.39, 0.29) is 25.9 Å². The van der Waals surface area contributed by atoms with Crippen LogP contribution in [-0.4, -0.2) is 58.0 Å². The van der Waals surface area contributed by atoms with Gasteiger partial charge in [0.1, 0.15) is 0 Å². The molecule has 1 fully saturated rings. The molecule has 1 saturated heterocycles. The van der Waals surface area contributed by atoms with E-state index in [1.54, 1.807) is 25.0 Å². The summed E-state index contributed by atoms with van der Waals surface area (Å²) in [5.41, 5.74) is 4.98. The van der Waals surface area contributed by atoms with Gasteiger partial charge in [0.15, 0.2) is 6.10 Å². The number of aromatic amines is 3. The fourth-order valence-corrected chi connectivity index (χ4v) is 5.83. The van der Waals surface area contributed by atoms with Gasteiger partial charge in [0.2, 0.25) is 12.4 Å². The van der Waals surface area contributed by atoms with Crippen molar-refractivity contribution in [2.45, 2.75) is 37.8 Å². The van der Waals surface area contributed by atoms with Gasteiger partial charge < -0.3 is 33.9 Å². The molecule has 227 valence electrons. The number of rotatable bonds is 9. The van der Waals surface area contributed by atoms with Crippen LogP contribution in [0.5, 0.6) is 0 Å². The predicted molar refractivity (Wildman–Crippen MR) is 166 cm³/mol. The molecule has 3 N–H and O–H groups in total. The monoisotopic (exact) mass is 604 g/mol. The maximum Gasteiger partial charge on any atom is 0.312 e. The molecule has 10 nitrogen and oxygen atoms in total. The molecule has 1 unspecified atom stereocenters. The molecular weight excluding hydrogens is 574 g/mol. The average Bonchev–Trinajstić information content (AvgIpc) is 3.76. The van der Waals surface area contributed by atoms with Gasteiger partial charge >= 0.3 is 17.9 Å². The normalized spacial score (nSPS) is 18.3. The van der Waals surface area contributed by atoms with Gasteiger partial charge in [-0.3, -0.25) is 14.4 Å². The van der Waals surface area contributed by atoms with Crippen molar-refractivity contribution in [3.05, 3.63) is 114 Å². The summed E-state index contributed by atoms with van der Waals surface area (Å²) in [6, 6.07) is 22.9. The van der Waals surface area contributed by atoms with Gasteiger partial charge in [0.05, 0.1) is 25.9 Å². The Morgan fingerprint density at radius 1 is 0.600 bits per heavy atom. The van der Waals surface area contributed by atoms with Gasteiger partial charge in [0, 0.05) is 57.7 Å². The third-order valence-corrected chi connectivity index (χ3v) is 7.99. The van der Waals surface area contributed by atoms with Crippen molar-refractivity contribution >= 4 is 50.6 Å². The number of ether oxygens (including phenoxy) is 4. The smallest absolute Gasteiger partial charge is 0.312 e. The van der Waals surface area contributed by atoms with Gasteiger partial charge in [-0.1, -0.05) is 54.6 Å². The molecule has 0 spiro atoms. The van der Waals surface area contributed by atoms with Gasteiger partial charge in [-0.05, 0) is 34.9 Å². The fourth-order valence-electron chi connectivity index (χ4n) is 5.83. The van der Waals surface area contributed by atoms with Crippen LogP contribution in [0.2, 0.25) is 0 Å². The Balaban J connectivity index is 1.09. The van der Waals surface area contributed by atoms with Crippen LogP contribution in [0.3, 0.4) is 0 Å². The third-order valence-electron chi connectivity index (χ3n) is 7.99. The average molecular weight is 605 g/mol. The molecule has 0 saturated carbocycles. The van der Waals surface area contributed by atoms with Gasteiger partial charge in [-0.25, -0.2) is 0 Å². The molecule has 0 aliphatic carbocycles. The molecule has 1 aliphatic rings. The van der Waals surface area contributed by atoms with Crippen LogP contribution in [0.25, 0.3) is 32.7 Å². The summed E-state index contributed by atoms with van der Waals surface area (Å²) in [6.45, 7) is 0.0204. The molecule has 10 heteroatoms. The van der Waals surface area contributed by atoms with Crippen molar-refractivity contribution in [1.29, 1.82) is 0 Å². The van der Waals surface area contributed by atoms with Crippen LogP contribution >= 0.6 is 0 Å². The Bertz CT molecular complexity index is 1910. The summed E-state index contributed by atoms with van der Waals surface area (Å²) >= 11 is 0. The minimum absolute atomic E-state index is 0.00374. The van der Waals surface area contributed by atoms with Gasteiger partial charge in [-0.2, -0.15) is 0 Å². The number of nitrogens with one attached hydrogen (secondary N) is 3. The molecule has 1 aliphatic heterocycles. The second-order valence-electron chi connectivity index (χ2n) is 10.9. The van der Waals surface area contributed by atoms with E-state index in [0.717, 1.165) is 49.4 Å². The number of esters is 3. The number of hydrogen-bond donors (Lipinski definition) is 3. The number of fused-ring (bicyclic) bond motifs is 3. The van der Waals surface area contributed by atoms with Crippen molar-refractivity contribution in [3.63, 3.8) is 0 Å². The zero-order valence-electron chi connectivity index (χ0n) is 24.2. The minimum atomic E-state index is -1.29. The quantitative estimate of drug-likeness (QED) is 0.155. The van der Waals surface area contributed by atoms with E-state index in [4.69, 9.17) is 18.9 Å². The molecule has 6 aromatic rings. The van der Waals surface area contributed by atoms with E-state index in [9.17, 15) is 14.4 Å². The molecular formula is C35H30N3O7. The maximum atomic E-state index is 13.3. The number of hydrogen-bond acceptors (Lipinski definition) is 7. The number of para-hydroxylation sites is 3. The van der Waals surface area contributed by atoms with Crippen LogP contribution in [0, 0.1) is 6.42 Å². The van der Waals surface area contributed by atoms with Crippen LogP contribution in [0.15, 0.2) is 91.4 Å². The summed E-state index contributed by atoms with van der Waals surface area (Å²) in [6.07, 6.45) is 3.30. The first-order valence-electron chi connectivity index (χ1n) is 14.7. The first-order valence-corrected chi connectivity index (χ1v) is 14.7. The largest absolute Gasteiger partial charge is 0.457 e. The van der Waals surface area contributed by atoms with E-state index in [0.29, 0.717) is 0 Å². The molecule has 4 heterocycles. The Morgan fingerprint density at radius 2 is 1.02 bits per heavy atom. The van der Waals surface area contributed by atoms with E-state index >= 15 is 0 Å². The SMILES string of the molecule is O=C(Cc1c[nH]c2ccccc12)OC1OC[CH][C@H](OC(=O)Cc2c[nH]c3ccccc23)[C@H]1OC(=O)Cc1c[nH]c2ccccc12. The zero-order valence-corrected chi connectivity index (χ0v) is 24.2. The summed E-state index contributed by atoms with van der Waals surface area (Å²) < 4.78 is 23.2. The van der Waals surface area contributed by atoms with Crippen molar-refractivity contribution in [2.24, 2.45) is 0 Å². The van der Waals surface area contributed by atoms with E-state index in [1.807, 2.05) is 72.8 Å². The molecule has 0 amide bonds. The van der Waals surface area contributed by atoms with Gasteiger partial charge in [0.25, 0.3) is 0 Å². The molecule has 3 aromatic heterocycles. The Labute approximate surface area is 257 Å². The second-order valence-corrected chi connectivity index (χ2v) is 10.9. The highest BCUT2D eigenvalue weighted by molar-refractivity contribution is 5.89. The Morgan fingerprint density at radius 3 is 1.51 bits per heavy atom. The molecule has 45 heavy (non-hydrogen) atoms. The molecule has 3 aromatic carbocycles. The first kappa shape index (κ1) is 28.4. The molecule has 0 bridgehead atoms. The van der Waals surface area contributed by atoms with Crippen LogP contribution in [0.1, 0.15) is 16.7 Å². The second kappa shape index (κ2) is 12.3. The number of carbonyl (C=O) groups excluding carboxylic acids is 3. The number of benzene rings is 3. The van der Waals surface area contributed by atoms with Crippen LogP contribution in [-0.2, 0) is 52.6 Å². The standard InChI is InChI=1S/C35H30N3O7/c39-31(15-21-18-36-27-10-4-1-7-24(21)27)43-30-13-14-42-35(45-33(41)17-23-20-38-29-12-6-3-9-26(23)29)34(30)44-32(40)16-22-19-37-28-11-5-2-8-25(22)28/h1-13,18-20,30,34-38H,14-17H2/t30-,34+,35?/m0/s1. The third kappa shape index (κ3) is 6.05. The molecule has 1 radical (unpaired) electrons. The number of H-pyrrole nitrogens is 3. The lowest BCUT2D eigenvalue weighted by molar-refractivity contribution is -0.239. The minimum Gasteiger partial charge on any atom is -0.457 e. The lowest BCUT2D eigenvalue weighted by Crippen LogP contribution is -2.51. The van der Waals surface area contributed by atoms with Crippen molar-refractivity contribution in [2.75, 3.05) is 6.61 Å². The highest BCUT2D eigenvalue weighted by Gasteiger charge is 2.42. The van der Waals surface area contributed by atoms with Crippen LogP contribution < -0.4 is 0 Å². The van der Waals surface area contributed by atoms with Crippen molar-refractivity contribution < 1.29 is 33.3 Å². The Hall–Kier alpha value is -5.35. The predicted octanol–water partition coefficient (Wildman–Crippen LogP) is 5.09.